The van der Waals surface area contributed by atoms with Gasteiger partial charge in [0.15, 0.2) is 0 Å². The van der Waals surface area contributed by atoms with Crippen molar-refractivity contribution in [1.29, 1.82) is 0 Å². The highest BCUT2D eigenvalue weighted by Gasteiger charge is 2.10. The van der Waals surface area contributed by atoms with Crippen LogP contribution in [0.2, 0.25) is 0 Å². The molecule has 0 saturated carbocycles. The van der Waals surface area contributed by atoms with Gasteiger partial charge in [0.1, 0.15) is 0 Å². The molecular weight excluding hydrogens is 384 g/mol. The summed E-state index contributed by atoms with van der Waals surface area (Å²) in [6.45, 7) is 8.24. The number of aryl methyl sites for hydroxylation is 3. The van der Waals surface area contributed by atoms with Gasteiger partial charge in [-0.25, -0.2) is 5.43 Å². The molecule has 0 saturated heterocycles. The first-order valence-electron chi connectivity index (χ1n) is 10.3. The van der Waals surface area contributed by atoms with Gasteiger partial charge in [-0.15, -0.1) is 0 Å². The summed E-state index contributed by atoms with van der Waals surface area (Å²) >= 11 is 0. The molecule has 2 aromatic heterocycles. The lowest BCUT2D eigenvalue weighted by Gasteiger charge is -2.10. The van der Waals surface area contributed by atoms with Gasteiger partial charge in [-0.2, -0.15) is 5.10 Å². The van der Waals surface area contributed by atoms with Gasteiger partial charge >= 0.3 is 0 Å². The van der Waals surface area contributed by atoms with Crippen LogP contribution in [0, 0.1) is 27.7 Å². The smallest absolute Gasteiger partial charge is 0.271 e. The van der Waals surface area contributed by atoms with Crippen LogP contribution in [-0.4, -0.2) is 21.3 Å². The molecule has 0 aliphatic carbocycles. The number of hydrazone groups is 1. The molecule has 4 aromatic rings. The summed E-state index contributed by atoms with van der Waals surface area (Å²) in [6.07, 6.45) is 1.70. The Morgan fingerprint density at radius 3 is 2.03 bits per heavy atom. The fourth-order valence-corrected chi connectivity index (χ4v) is 3.96. The minimum Gasteiger partial charge on any atom is -0.319 e. The Kier molecular flexibility index (Phi) is 5.58. The number of nitrogens with one attached hydrogen (secondary N) is 1. The lowest BCUT2D eigenvalue weighted by atomic mass is 10.2. The minimum absolute atomic E-state index is 0.236. The van der Waals surface area contributed by atoms with Crippen molar-refractivity contribution in [2.45, 2.75) is 27.7 Å². The van der Waals surface area contributed by atoms with E-state index in [-0.39, 0.29) is 5.91 Å². The van der Waals surface area contributed by atoms with Crippen molar-refractivity contribution < 1.29 is 4.79 Å². The van der Waals surface area contributed by atoms with Crippen LogP contribution in [0.5, 0.6) is 0 Å². The average molecular weight is 411 g/mol. The van der Waals surface area contributed by atoms with Crippen LogP contribution in [0.15, 0.2) is 77.9 Å². The van der Waals surface area contributed by atoms with Crippen molar-refractivity contribution in [3.8, 4) is 11.4 Å². The number of rotatable bonds is 5. The van der Waals surface area contributed by atoms with Crippen LogP contribution in [0.25, 0.3) is 11.4 Å². The summed E-state index contributed by atoms with van der Waals surface area (Å²) in [6, 6.07) is 24.0. The minimum atomic E-state index is -0.236. The zero-order chi connectivity index (χ0) is 22.0. The van der Waals surface area contributed by atoms with Crippen molar-refractivity contribution in [2.75, 3.05) is 0 Å². The van der Waals surface area contributed by atoms with Crippen molar-refractivity contribution in [1.82, 2.24) is 14.6 Å². The third-order valence-corrected chi connectivity index (χ3v) is 5.51. The standard InChI is InChI=1S/C26H26N4O/c1-18-10-11-19(2)29(18)25-14-12-22(13-15-25)26(31)28-27-17-23-16-20(3)30(21(23)4)24-8-6-5-7-9-24/h5-17H,1-4H3,(H,28,31)/b27-17-. The van der Waals surface area contributed by atoms with E-state index in [4.69, 9.17) is 0 Å². The van der Waals surface area contributed by atoms with E-state index in [1.165, 1.54) is 0 Å². The number of carbonyl (C=O) groups excluding carboxylic acids is 1. The van der Waals surface area contributed by atoms with Gasteiger partial charge in [-0.1, -0.05) is 18.2 Å². The van der Waals surface area contributed by atoms with Crippen molar-refractivity contribution >= 4 is 12.1 Å². The average Bonchev–Trinajstić information content (AvgIpc) is 3.26. The van der Waals surface area contributed by atoms with Gasteiger partial charge in [0, 0.05) is 45.3 Å². The monoisotopic (exact) mass is 410 g/mol. The van der Waals surface area contributed by atoms with E-state index in [0.717, 1.165) is 39.7 Å². The second-order valence-electron chi connectivity index (χ2n) is 7.69. The van der Waals surface area contributed by atoms with Gasteiger partial charge in [0.2, 0.25) is 0 Å². The van der Waals surface area contributed by atoms with Crippen LogP contribution < -0.4 is 5.43 Å². The molecule has 2 heterocycles. The zero-order valence-corrected chi connectivity index (χ0v) is 18.3. The summed E-state index contributed by atoms with van der Waals surface area (Å²) in [5.41, 5.74) is 10.8. The predicted octanol–water partition coefficient (Wildman–Crippen LogP) is 5.27. The quantitative estimate of drug-likeness (QED) is 0.354. The summed E-state index contributed by atoms with van der Waals surface area (Å²) in [7, 11) is 0. The number of hydrogen-bond donors (Lipinski definition) is 1. The number of carbonyl (C=O) groups is 1. The second-order valence-corrected chi connectivity index (χ2v) is 7.69. The van der Waals surface area contributed by atoms with Crippen LogP contribution in [0.3, 0.4) is 0 Å². The van der Waals surface area contributed by atoms with Gasteiger partial charge in [-0.05, 0) is 82.3 Å². The number of hydrogen-bond acceptors (Lipinski definition) is 2. The Morgan fingerprint density at radius 2 is 1.39 bits per heavy atom. The molecule has 5 heteroatoms. The number of nitrogens with zero attached hydrogens (tertiary/aromatic N) is 3. The molecule has 0 spiro atoms. The molecule has 1 amide bonds. The first-order valence-corrected chi connectivity index (χ1v) is 10.3. The van der Waals surface area contributed by atoms with Gasteiger partial charge in [0.25, 0.3) is 5.91 Å². The zero-order valence-electron chi connectivity index (χ0n) is 18.3. The van der Waals surface area contributed by atoms with Gasteiger partial charge < -0.3 is 9.13 Å². The van der Waals surface area contributed by atoms with Crippen LogP contribution in [-0.2, 0) is 0 Å². The largest absolute Gasteiger partial charge is 0.319 e. The number of amides is 1. The summed E-state index contributed by atoms with van der Waals surface area (Å²) in [4.78, 5) is 12.5. The fraction of sp³-hybridized carbons (Fsp3) is 0.154. The Morgan fingerprint density at radius 1 is 0.774 bits per heavy atom. The Balaban J connectivity index is 1.47. The predicted molar refractivity (Wildman–Crippen MR) is 126 cm³/mol. The Hall–Kier alpha value is -3.86. The van der Waals surface area contributed by atoms with E-state index in [2.05, 4.69) is 70.8 Å². The molecule has 156 valence electrons. The third kappa shape index (κ3) is 4.08. The molecule has 2 aromatic carbocycles. The topological polar surface area (TPSA) is 51.3 Å². The molecule has 0 bridgehead atoms. The third-order valence-electron chi connectivity index (χ3n) is 5.51. The number of benzene rings is 2. The maximum absolute atomic E-state index is 12.5. The number of para-hydroxylation sites is 1. The van der Waals surface area contributed by atoms with E-state index < -0.39 is 0 Å². The van der Waals surface area contributed by atoms with Crippen LogP contribution in [0.1, 0.15) is 38.7 Å². The molecule has 0 radical (unpaired) electrons. The molecule has 0 fully saturated rings. The molecule has 1 N–H and O–H groups in total. The molecule has 5 nitrogen and oxygen atoms in total. The highest BCUT2D eigenvalue weighted by atomic mass is 16.2. The molecule has 0 aliphatic rings. The maximum Gasteiger partial charge on any atom is 0.271 e. The first-order chi connectivity index (χ1) is 15.0. The van der Waals surface area contributed by atoms with Crippen molar-refractivity contribution in [3.05, 3.63) is 107 Å². The summed E-state index contributed by atoms with van der Waals surface area (Å²) in [5, 5.41) is 4.18. The Bertz CT molecular complexity index is 1230. The van der Waals surface area contributed by atoms with E-state index >= 15 is 0 Å². The van der Waals surface area contributed by atoms with Crippen LogP contribution >= 0.6 is 0 Å². The van der Waals surface area contributed by atoms with E-state index in [9.17, 15) is 4.79 Å². The Labute approximate surface area is 182 Å². The number of aromatic nitrogens is 2. The molecular formula is C26H26N4O. The maximum atomic E-state index is 12.5. The fourth-order valence-electron chi connectivity index (χ4n) is 3.96. The first kappa shape index (κ1) is 20.4. The lowest BCUT2D eigenvalue weighted by Crippen LogP contribution is -2.17. The SMILES string of the molecule is Cc1ccc(C)n1-c1ccc(C(=O)N/N=C\c2cc(C)n(-c3ccccc3)c2C)cc1. The molecule has 0 atom stereocenters. The van der Waals surface area contributed by atoms with E-state index in [1.807, 2.05) is 49.4 Å². The van der Waals surface area contributed by atoms with Crippen LogP contribution in [0.4, 0.5) is 0 Å². The second kappa shape index (κ2) is 8.48. The summed E-state index contributed by atoms with van der Waals surface area (Å²) < 4.78 is 4.33. The molecule has 4 rings (SSSR count). The van der Waals surface area contributed by atoms with Crippen molar-refractivity contribution in [3.63, 3.8) is 0 Å². The van der Waals surface area contributed by atoms with Gasteiger partial charge in [0.05, 0.1) is 6.21 Å². The van der Waals surface area contributed by atoms with E-state index in [0.29, 0.717) is 5.56 Å². The lowest BCUT2D eigenvalue weighted by molar-refractivity contribution is 0.0955. The highest BCUT2D eigenvalue weighted by molar-refractivity contribution is 5.95. The molecule has 0 unspecified atom stereocenters. The van der Waals surface area contributed by atoms with Gasteiger partial charge in [-0.3, -0.25) is 4.79 Å². The molecule has 31 heavy (non-hydrogen) atoms. The van der Waals surface area contributed by atoms with E-state index in [1.54, 1.807) is 6.21 Å². The summed E-state index contributed by atoms with van der Waals surface area (Å²) in [5.74, 6) is -0.236. The highest BCUT2D eigenvalue weighted by Crippen LogP contribution is 2.20. The van der Waals surface area contributed by atoms with Crippen molar-refractivity contribution in [2.24, 2.45) is 5.10 Å². The molecule has 0 aliphatic heterocycles. The normalized spacial score (nSPS) is 11.2.